The van der Waals surface area contributed by atoms with Gasteiger partial charge in [-0.25, -0.2) is 8.42 Å². The first-order valence-electron chi connectivity index (χ1n) is 6.58. The van der Waals surface area contributed by atoms with Crippen LogP contribution in [0.4, 0.5) is 0 Å². The van der Waals surface area contributed by atoms with E-state index in [2.05, 4.69) is 4.90 Å². The summed E-state index contributed by atoms with van der Waals surface area (Å²) in [6.07, 6.45) is 2.92. The van der Waals surface area contributed by atoms with Crippen LogP contribution in [0, 0.1) is 5.92 Å². The van der Waals surface area contributed by atoms with E-state index < -0.39 is 15.8 Å². The van der Waals surface area contributed by atoms with Gasteiger partial charge in [0, 0.05) is 12.1 Å². The molecule has 3 atom stereocenters. The molecule has 2 fully saturated rings. The first-order chi connectivity index (χ1) is 8.39. The third-order valence-electron chi connectivity index (χ3n) is 4.18. The van der Waals surface area contributed by atoms with Crippen LogP contribution in [0.15, 0.2) is 0 Å². The van der Waals surface area contributed by atoms with Crippen LogP contribution in [-0.4, -0.2) is 54.5 Å². The third-order valence-corrected chi connectivity index (χ3v) is 5.99. The van der Waals surface area contributed by atoms with Gasteiger partial charge in [0.05, 0.1) is 17.4 Å². The van der Waals surface area contributed by atoms with Crippen LogP contribution in [0.2, 0.25) is 0 Å². The molecule has 6 heteroatoms. The van der Waals surface area contributed by atoms with Crippen molar-refractivity contribution < 1.29 is 18.3 Å². The lowest BCUT2D eigenvalue weighted by Crippen LogP contribution is -2.52. The van der Waals surface area contributed by atoms with Crippen molar-refractivity contribution in [3.8, 4) is 0 Å². The fourth-order valence-electron chi connectivity index (χ4n) is 3.22. The van der Waals surface area contributed by atoms with Gasteiger partial charge in [-0.1, -0.05) is 0 Å². The summed E-state index contributed by atoms with van der Waals surface area (Å²) >= 11 is 0. The lowest BCUT2D eigenvalue weighted by molar-refractivity contribution is -0.144. The first-order valence-corrected chi connectivity index (χ1v) is 8.40. The summed E-state index contributed by atoms with van der Waals surface area (Å²) in [6, 6.07) is 0.256. The second-order valence-electron chi connectivity index (χ2n) is 5.56. The van der Waals surface area contributed by atoms with Gasteiger partial charge in [0.25, 0.3) is 0 Å². The number of rotatable bonds is 2. The monoisotopic (exact) mass is 275 g/mol. The molecule has 0 amide bonds. The molecule has 2 rings (SSSR count). The van der Waals surface area contributed by atoms with Gasteiger partial charge in [0.15, 0.2) is 9.84 Å². The molecule has 0 aromatic carbocycles. The minimum atomic E-state index is -2.89. The van der Waals surface area contributed by atoms with Crippen LogP contribution >= 0.6 is 0 Å². The lowest BCUT2D eigenvalue weighted by atomic mass is 9.90. The predicted molar refractivity (Wildman–Crippen MR) is 68.2 cm³/mol. The second kappa shape index (κ2) is 5.17. The van der Waals surface area contributed by atoms with E-state index in [-0.39, 0.29) is 23.8 Å². The molecular weight excluding hydrogens is 254 g/mol. The highest BCUT2D eigenvalue weighted by Crippen LogP contribution is 2.28. The van der Waals surface area contributed by atoms with E-state index in [4.69, 9.17) is 5.11 Å². The topological polar surface area (TPSA) is 74.7 Å². The molecule has 3 unspecified atom stereocenters. The number of nitrogens with zero attached hydrogens (tertiary/aromatic N) is 1. The van der Waals surface area contributed by atoms with Crippen LogP contribution < -0.4 is 0 Å². The fraction of sp³-hybridized carbons (Fsp3) is 0.917. The Morgan fingerprint density at radius 2 is 2.06 bits per heavy atom. The molecule has 0 radical (unpaired) electrons. The zero-order chi connectivity index (χ0) is 13.3. The minimum absolute atomic E-state index is 0.0912. The van der Waals surface area contributed by atoms with Crippen molar-refractivity contribution in [2.24, 2.45) is 5.92 Å². The van der Waals surface area contributed by atoms with E-state index in [0.29, 0.717) is 25.1 Å². The normalized spacial score (nSPS) is 37.3. The molecule has 0 aliphatic carbocycles. The highest BCUT2D eigenvalue weighted by molar-refractivity contribution is 7.91. The molecule has 18 heavy (non-hydrogen) atoms. The van der Waals surface area contributed by atoms with Crippen LogP contribution in [0.25, 0.3) is 0 Å². The number of likely N-dealkylation sites (tertiary alicyclic amines) is 1. The van der Waals surface area contributed by atoms with E-state index in [1.807, 2.05) is 6.92 Å². The van der Waals surface area contributed by atoms with Gasteiger partial charge >= 0.3 is 5.97 Å². The van der Waals surface area contributed by atoms with Crippen molar-refractivity contribution in [2.75, 3.05) is 18.1 Å². The summed E-state index contributed by atoms with van der Waals surface area (Å²) in [5.74, 6) is -0.437. The van der Waals surface area contributed by atoms with Gasteiger partial charge in [-0.2, -0.15) is 0 Å². The van der Waals surface area contributed by atoms with E-state index in [0.717, 1.165) is 12.8 Å². The van der Waals surface area contributed by atoms with E-state index in [1.54, 1.807) is 0 Å². The molecular formula is C12H21NO4S. The Morgan fingerprint density at radius 3 is 2.61 bits per heavy atom. The average Bonchev–Trinajstić information content (AvgIpc) is 2.27. The molecule has 0 aromatic rings. The Morgan fingerprint density at radius 1 is 1.33 bits per heavy atom. The van der Waals surface area contributed by atoms with E-state index >= 15 is 0 Å². The minimum Gasteiger partial charge on any atom is -0.481 e. The highest BCUT2D eigenvalue weighted by Gasteiger charge is 2.36. The quantitative estimate of drug-likeness (QED) is 0.805. The van der Waals surface area contributed by atoms with Crippen LogP contribution in [0.3, 0.4) is 0 Å². The van der Waals surface area contributed by atoms with Crippen molar-refractivity contribution in [3.05, 3.63) is 0 Å². The second-order valence-corrected chi connectivity index (χ2v) is 7.79. The molecule has 2 heterocycles. The van der Waals surface area contributed by atoms with Gasteiger partial charge in [-0.05, 0) is 39.2 Å². The Bertz CT molecular complexity index is 420. The van der Waals surface area contributed by atoms with Gasteiger partial charge in [-0.15, -0.1) is 0 Å². The molecule has 2 saturated heterocycles. The van der Waals surface area contributed by atoms with E-state index in [9.17, 15) is 13.2 Å². The van der Waals surface area contributed by atoms with Crippen molar-refractivity contribution >= 4 is 15.8 Å². The fourth-order valence-corrected chi connectivity index (χ4v) is 4.93. The maximum absolute atomic E-state index is 11.7. The summed E-state index contributed by atoms with van der Waals surface area (Å²) < 4.78 is 23.3. The number of hydrogen-bond donors (Lipinski definition) is 1. The standard InChI is InChI=1S/C12H21NO4S/c1-9-7-10(12(14)15)4-5-13(9)11-3-2-6-18(16,17)8-11/h9-11H,2-8H2,1H3,(H,14,15). The Labute approximate surface area is 108 Å². The van der Waals surface area contributed by atoms with Gasteiger partial charge in [0.1, 0.15) is 0 Å². The summed E-state index contributed by atoms with van der Waals surface area (Å²) in [7, 11) is -2.89. The lowest BCUT2D eigenvalue weighted by Gasteiger charge is -2.42. The van der Waals surface area contributed by atoms with Crippen molar-refractivity contribution in [2.45, 2.75) is 44.7 Å². The number of carbonyl (C=O) groups is 1. The molecule has 0 aromatic heterocycles. The number of piperidine rings is 1. The average molecular weight is 275 g/mol. The van der Waals surface area contributed by atoms with Crippen molar-refractivity contribution in [1.29, 1.82) is 0 Å². The Hall–Kier alpha value is -0.620. The number of hydrogen-bond acceptors (Lipinski definition) is 4. The van der Waals surface area contributed by atoms with Crippen molar-refractivity contribution in [3.63, 3.8) is 0 Å². The van der Waals surface area contributed by atoms with Gasteiger partial charge in [-0.3, -0.25) is 9.69 Å². The zero-order valence-electron chi connectivity index (χ0n) is 10.7. The van der Waals surface area contributed by atoms with E-state index in [1.165, 1.54) is 0 Å². The molecule has 0 spiro atoms. The Kier molecular flexibility index (Phi) is 3.96. The summed E-state index contributed by atoms with van der Waals surface area (Å²) in [5, 5.41) is 9.02. The highest BCUT2D eigenvalue weighted by atomic mass is 32.2. The SMILES string of the molecule is CC1CC(C(=O)O)CCN1C1CCCS(=O)(=O)C1. The maximum Gasteiger partial charge on any atom is 0.306 e. The largest absolute Gasteiger partial charge is 0.481 e. The van der Waals surface area contributed by atoms with Gasteiger partial charge < -0.3 is 5.11 Å². The number of carboxylic acids is 1. The molecule has 1 N–H and O–H groups in total. The zero-order valence-corrected chi connectivity index (χ0v) is 11.5. The number of carboxylic acid groups (broad SMARTS) is 1. The molecule has 2 aliphatic rings. The predicted octanol–water partition coefficient (Wildman–Crippen LogP) is 0.749. The molecule has 0 saturated carbocycles. The van der Waals surface area contributed by atoms with Crippen LogP contribution in [-0.2, 0) is 14.6 Å². The maximum atomic E-state index is 11.7. The summed E-state index contributed by atoms with van der Waals surface area (Å²) in [6.45, 7) is 2.72. The van der Waals surface area contributed by atoms with Crippen molar-refractivity contribution in [1.82, 2.24) is 4.90 Å². The number of sulfone groups is 1. The smallest absolute Gasteiger partial charge is 0.306 e. The van der Waals surface area contributed by atoms with Crippen LogP contribution in [0.5, 0.6) is 0 Å². The van der Waals surface area contributed by atoms with Gasteiger partial charge in [0.2, 0.25) is 0 Å². The molecule has 0 bridgehead atoms. The first kappa shape index (κ1) is 13.8. The van der Waals surface area contributed by atoms with Crippen LogP contribution in [0.1, 0.15) is 32.6 Å². The summed E-state index contributed by atoms with van der Waals surface area (Å²) in [5.41, 5.74) is 0. The molecule has 104 valence electrons. The molecule has 2 aliphatic heterocycles. The number of aliphatic carboxylic acids is 1. The summed E-state index contributed by atoms with van der Waals surface area (Å²) in [4.78, 5) is 13.2. The molecule has 5 nitrogen and oxygen atoms in total. The Balaban J connectivity index is 2.00. The third kappa shape index (κ3) is 3.03.